The van der Waals surface area contributed by atoms with Crippen LogP contribution in [0.2, 0.25) is 0 Å². The predicted molar refractivity (Wildman–Crippen MR) is 60.6 cm³/mol. The van der Waals surface area contributed by atoms with E-state index in [2.05, 4.69) is 24.1 Å². The quantitative estimate of drug-likeness (QED) is 0.709. The third-order valence-corrected chi connectivity index (χ3v) is 3.68. The summed E-state index contributed by atoms with van der Waals surface area (Å²) in [6.45, 7) is 6.37. The molecule has 0 aromatic heterocycles. The van der Waals surface area contributed by atoms with Crippen LogP contribution in [0.15, 0.2) is 0 Å². The zero-order valence-corrected chi connectivity index (χ0v) is 9.83. The number of carbonyl (C=O) groups excluding carboxylic acids is 1. The van der Waals surface area contributed by atoms with Crippen LogP contribution in [0.25, 0.3) is 0 Å². The molecule has 2 aliphatic rings. The summed E-state index contributed by atoms with van der Waals surface area (Å²) in [6, 6.07) is 0.544. The van der Waals surface area contributed by atoms with E-state index in [4.69, 9.17) is 0 Å². The Hall–Kier alpha value is -0.570. The van der Waals surface area contributed by atoms with Crippen molar-refractivity contribution in [1.29, 1.82) is 0 Å². The minimum Gasteiger partial charge on any atom is -0.338 e. The van der Waals surface area contributed by atoms with Gasteiger partial charge < -0.3 is 10.2 Å². The Kier molecular flexibility index (Phi) is 3.29. The fourth-order valence-corrected chi connectivity index (χ4v) is 2.87. The number of carbonyl (C=O) groups is 1. The van der Waals surface area contributed by atoms with Crippen molar-refractivity contribution < 1.29 is 4.79 Å². The number of hydrogen-bond donors (Lipinski definition) is 1. The van der Waals surface area contributed by atoms with Gasteiger partial charge in [-0.2, -0.15) is 0 Å². The molecule has 0 radical (unpaired) electrons. The molecule has 86 valence electrons. The number of hydrogen-bond acceptors (Lipinski definition) is 2. The largest absolute Gasteiger partial charge is 0.338 e. The molecule has 1 N–H and O–H groups in total. The van der Waals surface area contributed by atoms with Gasteiger partial charge in [0, 0.05) is 12.6 Å². The first-order chi connectivity index (χ1) is 7.18. The average molecular weight is 210 g/mol. The van der Waals surface area contributed by atoms with Gasteiger partial charge in [0.25, 0.3) is 0 Å². The third kappa shape index (κ3) is 2.33. The summed E-state index contributed by atoms with van der Waals surface area (Å²) in [7, 11) is 0. The summed E-state index contributed by atoms with van der Waals surface area (Å²) in [5.41, 5.74) is 0. The molecule has 0 aromatic carbocycles. The predicted octanol–water partition coefficient (Wildman–Crippen LogP) is 1.39. The second-order valence-electron chi connectivity index (χ2n) is 5.18. The molecule has 2 rings (SSSR count). The van der Waals surface area contributed by atoms with Crippen molar-refractivity contribution in [3.05, 3.63) is 0 Å². The molecule has 3 unspecified atom stereocenters. The van der Waals surface area contributed by atoms with Crippen molar-refractivity contribution in [2.45, 2.75) is 51.6 Å². The Morgan fingerprint density at radius 2 is 2.13 bits per heavy atom. The first-order valence-electron chi connectivity index (χ1n) is 6.22. The number of likely N-dealkylation sites (tertiary alicyclic amines) is 1. The van der Waals surface area contributed by atoms with Gasteiger partial charge in [-0.15, -0.1) is 0 Å². The van der Waals surface area contributed by atoms with Crippen LogP contribution in [0, 0.1) is 5.92 Å². The Bertz CT molecular complexity index is 236. The van der Waals surface area contributed by atoms with Crippen molar-refractivity contribution in [2.75, 3.05) is 13.1 Å². The second kappa shape index (κ2) is 4.52. The van der Waals surface area contributed by atoms with E-state index >= 15 is 0 Å². The van der Waals surface area contributed by atoms with Crippen LogP contribution >= 0.6 is 0 Å². The van der Waals surface area contributed by atoms with Crippen LogP contribution in [-0.4, -0.2) is 36.0 Å². The molecule has 0 bridgehead atoms. The number of nitrogens with one attached hydrogen (secondary N) is 1. The van der Waals surface area contributed by atoms with E-state index in [1.165, 1.54) is 19.3 Å². The lowest BCUT2D eigenvalue weighted by Gasteiger charge is -2.29. The molecule has 2 fully saturated rings. The molecule has 3 atom stereocenters. The maximum absolute atomic E-state index is 12.2. The van der Waals surface area contributed by atoms with Crippen LogP contribution in [0.4, 0.5) is 0 Å². The molecule has 0 aromatic rings. The maximum Gasteiger partial charge on any atom is 0.239 e. The summed E-state index contributed by atoms with van der Waals surface area (Å²) in [5.74, 6) is 1.01. The summed E-state index contributed by atoms with van der Waals surface area (Å²) < 4.78 is 0. The molecule has 1 amide bonds. The highest BCUT2D eigenvalue weighted by Gasteiger charge is 2.33. The molecule has 3 heteroatoms. The minimum atomic E-state index is 0.103. The molecule has 0 saturated carbocycles. The van der Waals surface area contributed by atoms with Gasteiger partial charge in [0.1, 0.15) is 0 Å². The minimum absolute atomic E-state index is 0.103. The molecule has 2 saturated heterocycles. The first kappa shape index (κ1) is 10.9. The van der Waals surface area contributed by atoms with E-state index in [0.717, 1.165) is 19.5 Å². The van der Waals surface area contributed by atoms with E-state index in [1.807, 2.05) is 0 Å². The van der Waals surface area contributed by atoms with Crippen molar-refractivity contribution in [3.63, 3.8) is 0 Å². The molecule has 0 spiro atoms. The Balaban J connectivity index is 1.94. The van der Waals surface area contributed by atoms with Crippen molar-refractivity contribution in [3.8, 4) is 0 Å². The third-order valence-electron chi connectivity index (χ3n) is 3.68. The van der Waals surface area contributed by atoms with Crippen LogP contribution in [0.5, 0.6) is 0 Å². The number of piperidine rings is 1. The normalized spacial score (nSPS) is 36.9. The molecular formula is C12H22N2O. The SMILES string of the molecule is CC1CC(C)N(C(=O)C2CCCCN2)C1. The summed E-state index contributed by atoms with van der Waals surface area (Å²) in [6.07, 6.45) is 4.60. The Morgan fingerprint density at radius 1 is 1.33 bits per heavy atom. The van der Waals surface area contributed by atoms with Crippen LogP contribution in [0.3, 0.4) is 0 Å². The van der Waals surface area contributed by atoms with Gasteiger partial charge in [-0.1, -0.05) is 13.3 Å². The molecule has 0 aliphatic carbocycles. The van der Waals surface area contributed by atoms with Gasteiger partial charge in [-0.3, -0.25) is 4.79 Å². The summed E-state index contributed by atoms with van der Waals surface area (Å²) in [4.78, 5) is 14.3. The van der Waals surface area contributed by atoms with E-state index in [0.29, 0.717) is 17.9 Å². The highest BCUT2D eigenvalue weighted by atomic mass is 16.2. The number of rotatable bonds is 1. The molecular weight excluding hydrogens is 188 g/mol. The lowest BCUT2D eigenvalue weighted by molar-refractivity contribution is -0.134. The van der Waals surface area contributed by atoms with E-state index in [1.54, 1.807) is 0 Å². The van der Waals surface area contributed by atoms with Gasteiger partial charge in [0.05, 0.1) is 6.04 Å². The monoisotopic (exact) mass is 210 g/mol. The fourth-order valence-electron chi connectivity index (χ4n) is 2.87. The van der Waals surface area contributed by atoms with Gasteiger partial charge in [-0.05, 0) is 38.6 Å². The second-order valence-corrected chi connectivity index (χ2v) is 5.18. The van der Waals surface area contributed by atoms with Crippen LogP contribution < -0.4 is 5.32 Å². The highest BCUT2D eigenvalue weighted by molar-refractivity contribution is 5.82. The van der Waals surface area contributed by atoms with Crippen LogP contribution in [0.1, 0.15) is 39.5 Å². The summed E-state index contributed by atoms with van der Waals surface area (Å²) in [5, 5.41) is 3.34. The fraction of sp³-hybridized carbons (Fsp3) is 0.917. The van der Waals surface area contributed by atoms with E-state index in [-0.39, 0.29) is 6.04 Å². The lowest BCUT2D eigenvalue weighted by atomic mass is 10.0. The number of amides is 1. The van der Waals surface area contributed by atoms with Gasteiger partial charge in [0.2, 0.25) is 5.91 Å². The van der Waals surface area contributed by atoms with Crippen molar-refractivity contribution >= 4 is 5.91 Å². The van der Waals surface area contributed by atoms with Crippen molar-refractivity contribution in [1.82, 2.24) is 10.2 Å². The lowest BCUT2D eigenvalue weighted by Crippen LogP contribution is -2.49. The topological polar surface area (TPSA) is 32.3 Å². The molecule has 2 heterocycles. The Labute approximate surface area is 92.2 Å². The first-order valence-corrected chi connectivity index (χ1v) is 6.22. The smallest absolute Gasteiger partial charge is 0.239 e. The van der Waals surface area contributed by atoms with Gasteiger partial charge >= 0.3 is 0 Å². The van der Waals surface area contributed by atoms with Crippen LogP contribution in [-0.2, 0) is 4.79 Å². The Morgan fingerprint density at radius 3 is 2.67 bits per heavy atom. The van der Waals surface area contributed by atoms with Gasteiger partial charge in [0.15, 0.2) is 0 Å². The standard InChI is InChI=1S/C12H22N2O/c1-9-7-10(2)14(8-9)12(15)11-5-3-4-6-13-11/h9-11,13H,3-8H2,1-2H3. The van der Waals surface area contributed by atoms with Crippen molar-refractivity contribution in [2.24, 2.45) is 5.92 Å². The van der Waals surface area contributed by atoms with Gasteiger partial charge in [-0.25, -0.2) is 0 Å². The average Bonchev–Trinajstić information content (AvgIpc) is 2.58. The number of nitrogens with zero attached hydrogens (tertiary/aromatic N) is 1. The zero-order chi connectivity index (χ0) is 10.8. The molecule has 15 heavy (non-hydrogen) atoms. The molecule has 2 aliphatic heterocycles. The highest BCUT2D eigenvalue weighted by Crippen LogP contribution is 2.24. The zero-order valence-electron chi connectivity index (χ0n) is 9.83. The maximum atomic E-state index is 12.2. The summed E-state index contributed by atoms with van der Waals surface area (Å²) >= 11 is 0. The molecule has 3 nitrogen and oxygen atoms in total. The van der Waals surface area contributed by atoms with E-state index in [9.17, 15) is 4.79 Å². The van der Waals surface area contributed by atoms with E-state index < -0.39 is 0 Å².